The van der Waals surface area contributed by atoms with Gasteiger partial charge in [0.15, 0.2) is 0 Å². The van der Waals surface area contributed by atoms with Crippen molar-refractivity contribution in [3.63, 3.8) is 0 Å². The summed E-state index contributed by atoms with van der Waals surface area (Å²) in [4.78, 5) is 8.04. The second-order valence-corrected chi connectivity index (χ2v) is 5.03. The Morgan fingerprint density at radius 2 is 1.78 bits per heavy atom. The summed E-state index contributed by atoms with van der Waals surface area (Å²) >= 11 is 0. The maximum Gasteiger partial charge on any atom is 0.223 e. The van der Waals surface area contributed by atoms with Gasteiger partial charge in [-0.05, 0) is 23.3 Å². The van der Waals surface area contributed by atoms with E-state index in [1.807, 2.05) is 6.07 Å². The fourth-order valence-corrected chi connectivity index (χ4v) is 2.60. The van der Waals surface area contributed by atoms with Gasteiger partial charge in [-0.3, -0.25) is 0 Å². The average molecular weight is 310 g/mol. The largest absolute Gasteiger partial charge is 0.481 e. The maximum absolute atomic E-state index is 13.7. The van der Waals surface area contributed by atoms with Crippen LogP contribution in [0.25, 0.3) is 0 Å². The van der Waals surface area contributed by atoms with Gasteiger partial charge in [0.25, 0.3) is 0 Å². The molecule has 0 fully saturated rings. The minimum Gasteiger partial charge on any atom is -0.481 e. The molecule has 0 saturated carbocycles. The van der Waals surface area contributed by atoms with Crippen molar-refractivity contribution in [2.24, 2.45) is 0 Å². The van der Waals surface area contributed by atoms with Crippen molar-refractivity contribution in [2.45, 2.75) is 5.60 Å². The van der Waals surface area contributed by atoms with Gasteiger partial charge < -0.3 is 9.84 Å². The van der Waals surface area contributed by atoms with E-state index in [0.717, 1.165) is 0 Å². The molecule has 1 unspecified atom stereocenters. The molecule has 0 aliphatic rings. The third kappa shape index (κ3) is 2.66. The molecule has 3 rings (SSSR count). The molecule has 0 aliphatic carbocycles. The van der Waals surface area contributed by atoms with Crippen LogP contribution in [0.2, 0.25) is 0 Å². The maximum atomic E-state index is 13.7. The second kappa shape index (κ2) is 6.14. The second-order valence-electron chi connectivity index (χ2n) is 5.03. The Morgan fingerprint density at radius 1 is 1.04 bits per heavy atom. The lowest BCUT2D eigenvalue weighted by Gasteiger charge is -2.30. The van der Waals surface area contributed by atoms with Gasteiger partial charge in [-0.2, -0.15) is 0 Å². The third-order valence-electron chi connectivity index (χ3n) is 3.69. The molecule has 1 aromatic heterocycles. The van der Waals surface area contributed by atoms with Crippen molar-refractivity contribution in [2.75, 3.05) is 7.11 Å². The molecule has 4 nitrogen and oxygen atoms in total. The first-order chi connectivity index (χ1) is 11.2. The number of methoxy groups -OCH3 is 1. The predicted octanol–water partition coefficient (Wildman–Crippen LogP) is 2.91. The Bertz CT molecular complexity index is 811. The normalized spacial score (nSPS) is 13.3. The van der Waals surface area contributed by atoms with Crippen LogP contribution < -0.4 is 4.74 Å². The lowest BCUT2D eigenvalue weighted by molar-refractivity contribution is 0.120. The van der Waals surface area contributed by atoms with Gasteiger partial charge in [0.1, 0.15) is 17.7 Å². The van der Waals surface area contributed by atoms with Crippen LogP contribution in [0.4, 0.5) is 4.39 Å². The summed E-state index contributed by atoms with van der Waals surface area (Å²) in [7, 11) is 1.46. The van der Waals surface area contributed by atoms with Crippen molar-refractivity contribution < 1.29 is 14.2 Å². The van der Waals surface area contributed by atoms with Crippen LogP contribution in [0, 0.1) is 5.82 Å². The molecule has 1 atom stereocenters. The number of aliphatic hydroxyl groups is 1. The molecule has 0 amide bonds. The number of aromatic nitrogens is 2. The Balaban J connectivity index is 2.31. The van der Waals surface area contributed by atoms with Crippen molar-refractivity contribution in [3.05, 3.63) is 89.6 Å². The predicted molar refractivity (Wildman–Crippen MR) is 83.5 cm³/mol. The standard InChI is InChI=1S/C18H15FN2O2/c1-23-17-16(11-20-12-21-17)18(22,13-6-3-2-4-7-13)14-8-5-9-15(19)10-14/h2-12,22H,1H3. The minimum atomic E-state index is -1.63. The van der Waals surface area contributed by atoms with Crippen molar-refractivity contribution in [3.8, 4) is 5.88 Å². The van der Waals surface area contributed by atoms with Crippen molar-refractivity contribution in [1.29, 1.82) is 0 Å². The van der Waals surface area contributed by atoms with E-state index in [1.54, 1.807) is 36.4 Å². The zero-order chi connectivity index (χ0) is 16.3. The molecule has 5 heteroatoms. The summed E-state index contributed by atoms with van der Waals surface area (Å²) in [6.07, 6.45) is 2.81. The number of hydrogen-bond acceptors (Lipinski definition) is 4. The van der Waals surface area contributed by atoms with Gasteiger partial charge >= 0.3 is 0 Å². The topological polar surface area (TPSA) is 55.2 Å². The van der Waals surface area contributed by atoms with Crippen LogP contribution in [0.3, 0.4) is 0 Å². The fraction of sp³-hybridized carbons (Fsp3) is 0.111. The summed E-state index contributed by atoms with van der Waals surface area (Å²) in [5.74, 6) is -0.205. The number of ether oxygens (including phenoxy) is 1. The molecule has 1 N–H and O–H groups in total. The molecule has 0 bridgehead atoms. The van der Waals surface area contributed by atoms with Crippen LogP contribution in [0.15, 0.2) is 67.1 Å². The smallest absolute Gasteiger partial charge is 0.223 e. The summed E-state index contributed by atoms with van der Waals surface area (Å²) < 4.78 is 19.0. The monoisotopic (exact) mass is 310 g/mol. The highest BCUT2D eigenvalue weighted by atomic mass is 19.1. The highest BCUT2D eigenvalue weighted by Gasteiger charge is 2.37. The van der Waals surface area contributed by atoms with E-state index in [2.05, 4.69) is 9.97 Å². The lowest BCUT2D eigenvalue weighted by Crippen LogP contribution is -2.30. The van der Waals surface area contributed by atoms with Gasteiger partial charge in [-0.15, -0.1) is 0 Å². The van der Waals surface area contributed by atoms with Crippen molar-refractivity contribution in [1.82, 2.24) is 9.97 Å². The zero-order valence-corrected chi connectivity index (χ0v) is 12.5. The number of nitrogens with zero attached hydrogens (tertiary/aromatic N) is 2. The molecular weight excluding hydrogens is 295 g/mol. The summed E-state index contributed by atoms with van der Waals surface area (Å²) in [6, 6.07) is 14.8. The Labute approximate surface area is 133 Å². The first kappa shape index (κ1) is 15.1. The number of hydrogen-bond donors (Lipinski definition) is 1. The number of halogens is 1. The van der Waals surface area contributed by atoms with Gasteiger partial charge in [0, 0.05) is 6.20 Å². The molecule has 23 heavy (non-hydrogen) atoms. The molecule has 0 aliphatic heterocycles. The van der Waals surface area contributed by atoms with E-state index in [1.165, 1.54) is 31.8 Å². The van der Waals surface area contributed by atoms with Crippen LogP contribution >= 0.6 is 0 Å². The molecule has 0 radical (unpaired) electrons. The van der Waals surface area contributed by atoms with E-state index < -0.39 is 11.4 Å². The lowest BCUT2D eigenvalue weighted by atomic mass is 9.81. The first-order valence-electron chi connectivity index (χ1n) is 7.04. The third-order valence-corrected chi connectivity index (χ3v) is 3.69. The number of benzene rings is 2. The van der Waals surface area contributed by atoms with Gasteiger partial charge in [0.2, 0.25) is 5.88 Å². The molecular formula is C18H15FN2O2. The molecule has 1 heterocycles. The van der Waals surface area contributed by atoms with Crippen LogP contribution in [0.1, 0.15) is 16.7 Å². The van der Waals surface area contributed by atoms with E-state index in [9.17, 15) is 9.50 Å². The molecule has 0 saturated heterocycles. The van der Waals surface area contributed by atoms with Gasteiger partial charge in [0.05, 0.1) is 12.7 Å². The Kier molecular flexibility index (Phi) is 4.04. The number of rotatable bonds is 4. The van der Waals surface area contributed by atoms with E-state index in [-0.39, 0.29) is 5.88 Å². The van der Waals surface area contributed by atoms with Crippen LogP contribution in [-0.4, -0.2) is 22.2 Å². The Morgan fingerprint density at radius 3 is 2.48 bits per heavy atom. The van der Waals surface area contributed by atoms with E-state index in [4.69, 9.17) is 4.74 Å². The van der Waals surface area contributed by atoms with Crippen molar-refractivity contribution >= 4 is 0 Å². The molecule has 116 valence electrons. The minimum absolute atomic E-state index is 0.232. The van der Waals surface area contributed by atoms with E-state index in [0.29, 0.717) is 16.7 Å². The summed E-state index contributed by atoms with van der Waals surface area (Å²) in [5, 5.41) is 11.5. The van der Waals surface area contributed by atoms with E-state index >= 15 is 0 Å². The summed E-state index contributed by atoms with van der Waals surface area (Å²) in [6.45, 7) is 0. The first-order valence-corrected chi connectivity index (χ1v) is 7.04. The molecule has 2 aromatic carbocycles. The fourth-order valence-electron chi connectivity index (χ4n) is 2.60. The highest BCUT2D eigenvalue weighted by Crippen LogP contribution is 2.39. The van der Waals surface area contributed by atoms with Crippen LogP contribution in [0.5, 0.6) is 5.88 Å². The molecule has 3 aromatic rings. The van der Waals surface area contributed by atoms with Crippen LogP contribution in [-0.2, 0) is 5.60 Å². The van der Waals surface area contributed by atoms with Gasteiger partial charge in [-0.1, -0.05) is 42.5 Å². The SMILES string of the molecule is COc1ncncc1C(O)(c1ccccc1)c1cccc(F)c1. The Hall–Kier alpha value is -2.79. The zero-order valence-electron chi connectivity index (χ0n) is 12.5. The quantitative estimate of drug-likeness (QED) is 0.805. The summed E-state index contributed by atoms with van der Waals surface area (Å²) in [5.41, 5.74) is -0.342. The van der Waals surface area contributed by atoms with Gasteiger partial charge in [-0.25, -0.2) is 14.4 Å². The highest BCUT2D eigenvalue weighted by molar-refractivity contribution is 5.49. The molecule has 0 spiro atoms. The average Bonchev–Trinajstić information content (AvgIpc) is 2.61.